The second-order valence-electron chi connectivity index (χ2n) is 2.16. The van der Waals surface area contributed by atoms with Gasteiger partial charge in [-0.2, -0.15) is 5.26 Å². The van der Waals surface area contributed by atoms with E-state index in [-0.39, 0.29) is 0 Å². The lowest BCUT2D eigenvalue weighted by Crippen LogP contribution is -2.08. The molecule has 0 aromatic carbocycles. The third-order valence-electron chi connectivity index (χ3n) is 1.60. The fraction of sp³-hybridized carbons (Fsp3) is 0.833. The molecule has 0 heterocycles. The Labute approximate surface area is 44.0 Å². The monoisotopic (exact) mass is 95.1 g/mol. The van der Waals surface area contributed by atoms with E-state index in [0.717, 1.165) is 12.3 Å². The molecule has 0 aromatic rings. The molecular formula is C6H9N. The Bertz CT molecular complexity index is 86.8. The topological polar surface area (TPSA) is 23.8 Å². The van der Waals surface area contributed by atoms with Crippen LogP contribution in [-0.2, 0) is 0 Å². The van der Waals surface area contributed by atoms with Crippen LogP contribution in [0, 0.1) is 17.2 Å². The largest absolute Gasteiger partial charge is 0.198 e. The zero-order chi connectivity index (χ0) is 5.11. The molecule has 38 valence electrons. The lowest BCUT2D eigenvalue weighted by Gasteiger charge is -2.21. The first-order valence-electron chi connectivity index (χ1n) is 2.80. The molecule has 1 saturated carbocycles. The highest BCUT2D eigenvalue weighted by molar-refractivity contribution is 4.80. The van der Waals surface area contributed by atoms with E-state index in [9.17, 15) is 0 Å². The number of nitrogens with zero attached hydrogens (tertiary/aromatic N) is 1. The fourth-order valence-electron chi connectivity index (χ4n) is 0.826. The van der Waals surface area contributed by atoms with Crippen molar-refractivity contribution in [2.45, 2.75) is 25.7 Å². The van der Waals surface area contributed by atoms with Crippen LogP contribution in [0.5, 0.6) is 0 Å². The third-order valence-corrected chi connectivity index (χ3v) is 1.60. The molecule has 0 amide bonds. The summed E-state index contributed by atoms with van der Waals surface area (Å²) in [6, 6.07) is 2.17. The third kappa shape index (κ3) is 0.928. The van der Waals surface area contributed by atoms with Gasteiger partial charge in [-0.25, -0.2) is 0 Å². The van der Waals surface area contributed by atoms with E-state index >= 15 is 0 Å². The van der Waals surface area contributed by atoms with Gasteiger partial charge in [-0.1, -0.05) is 6.42 Å². The van der Waals surface area contributed by atoms with Crippen molar-refractivity contribution in [1.82, 2.24) is 0 Å². The van der Waals surface area contributed by atoms with Gasteiger partial charge in [0.2, 0.25) is 0 Å². The molecule has 1 nitrogen and oxygen atoms in total. The predicted molar refractivity (Wildman–Crippen MR) is 27.6 cm³/mol. The van der Waals surface area contributed by atoms with Crippen molar-refractivity contribution in [1.29, 1.82) is 5.26 Å². The van der Waals surface area contributed by atoms with Crippen molar-refractivity contribution in [3.05, 3.63) is 0 Å². The van der Waals surface area contributed by atoms with Crippen LogP contribution in [-0.4, -0.2) is 0 Å². The van der Waals surface area contributed by atoms with Gasteiger partial charge in [0, 0.05) is 6.42 Å². The van der Waals surface area contributed by atoms with Gasteiger partial charge in [0.1, 0.15) is 0 Å². The summed E-state index contributed by atoms with van der Waals surface area (Å²) < 4.78 is 0. The summed E-state index contributed by atoms with van der Waals surface area (Å²) in [5.74, 6) is 0.769. The van der Waals surface area contributed by atoms with Gasteiger partial charge in [-0.15, -0.1) is 0 Å². The first kappa shape index (κ1) is 4.64. The van der Waals surface area contributed by atoms with Crippen molar-refractivity contribution in [3.63, 3.8) is 0 Å². The Morgan fingerprint density at radius 3 is 2.43 bits per heavy atom. The molecule has 0 bridgehead atoms. The molecule has 0 spiro atoms. The normalized spacial score (nSPS) is 20.4. The maximum atomic E-state index is 8.15. The summed E-state index contributed by atoms with van der Waals surface area (Å²) >= 11 is 0. The molecule has 0 aromatic heterocycles. The van der Waals surface area contributed by atoms with E-state index in [1.165, 1.54) is 19.3 Å². The van der Waals surface area contributed by atoms with Crippen molar-refractivity contribution in [3.8, 4) is 6.07 Å². The molecule has 1 rings (SSSR count). The minimum absolute atomic E-state index is 0.769. The van der Waals surface area contributed by atoms with E-state index in [4.69, 9.17) is 5.26 Å². The molecule has 1 aliphatic rings. The van der Waals surface area contributed by atoms with Gasteiger partial charge >= 0.3 is 0 Å². The Hall–Kier alpha value is -0.510. The second kappa shape index (κ2) is 1.97. The number of hydrogen-bond donors (Lipinski definition) is 0. The summed E-state index contributed by atoms with van der Waals surface area (Å²) in [6.45, 7) is 0. The molecule has 0 radical (unpaired) electrons. The van der Waals surface area contributed by atoms with Gasteiger partial charge in [0.15, 0.2) is 0 Å². The van der Waals surface area contributed by atoms with E-state index in [0.29, 0.717) is 0 Å². The van der Waals surface area contributed by atoms with Crippen LogP contribution in [0.2, 0.25) is 0 Å². The summed E-state index contributed by atoms with van der Waals surface area (Å²) in [5, 5.41) is 8.15. The van der Waals surface area contributed by atoms with Gasteiger partial charge < -0.3 is 0 Å². The Kier molecular flexibility index (Phi) is 1.31. The van der Waals surface area contributed by atoms with Gasteiger partial charge in [0.25, 0.3) is 0 Å². The second-order valence-corrected chi connectivity index (χ2v) is 2.16. The standard InChI is InChI=1S/C6H9N/c7-5-4-6-2-1-3-6/h6H,1-4H2. The smallest absolute Gasteiger partial charge is 0.0624 e. The molecule has 0 saturated heterocycles. The number of rotatable bonds is 1. The van der Waals surface area contributed by atoms with Crippen molar-refractivity contribution in [2.24, 2.45) is 5.92 Å². The van der Waals surface area contributed by atoms with E-state index in [1.807, 2.05) is 0 Å². The first-order chi connectivity index (χ1) is 3.43. The van der Waals surface area contributed by atoms with Crippen LogP contribution in [0.25, 0.3) is 0 Å². The van der Waals surface area contributed by atoms with Crippen LogP contribution in [0.1, 0.15) is 25.7 Å². The van der Waals surface area contributed by atoms with Crippen LogP contribution in [0.3, 0.4) is 0 Å². The average Bonchev–Trinajstić information content (AvgIpc) is 1.55. The Morgan fingerprint density at radius 1 is 1.57 bits per heavy atom. The molecule has 1 heteroatoms. The molecular weight excluding hydrogens is 86.1 g/mol. The maximum absolute atomic E-state index is 8.15. The number of hydrogen-bond acceptors (Lipinski definition) is 1. The van der Waals surface area contributed by atoms with Crippen LogP contribution >= 0.6 is 0 Å². The van der Waals surface area contributed by atoms with Gasteiger partial charge in [-0.3, -0.25) is 0 Å². The van der Waals surface area contributed by atoms with E-state index in [1.54, 1.807) is 0 Å². The van der Waals surface area contributed by atoms with Crippen molar-refractivity contribution in [2.75, 3.05) is 0 Å². The van der Waals surface area contributed by atoms with Gasteiger partial charge in [-0.05, 0) is 18.8 Å². The SMILES string of the molecule is N#CCC1CCC1. The van der Waals surface area contributed by atoms with Crippen LogP contribution in [0.4, 0.5) is 0 Å². The molecule has 0 aliphatic heterocycles. The summed E-state index contributed by atoms with van der Waals surface area (Å²) in [4.78, 5) is 0. The van der Waals surface area contributed by atoms with Gasteiger partial charge in [0.05, 0.1) is 6.07 Å². The lowest BCUT2D eigenvalue weighted by molar-refractivity contribution is 0.322. The van der Waals surface area contributed by atoms with Crippen LogP contribution < -0.4 is 0 Å². The lowest BCUT2D eigenvalue weighted by atomic mass is 9.84. The van der Waals surface area contributed by atoms with Crippen molar-refractivity contribution >= 4 is 0 Å². The quantitative estimate of drug-likeness (QED) is 0.486. The molecule has 0 unspecified atom stereocenters. The molecule has 1 aliphatic carbocycles. The minimum Gasteiger partial charge on any atom is -0.198 e. The highest BCUT2D eigenvalue weighted by Gasteiger charge is 2.15. The summed E-state index contributed by atoms with van der Waals surface area (Å²) in [7, 11) is 0. The molecule has 0 atom stereocenters. The summed E-state index contributed by atoms with van der Waals surface area (Å²) in [5.41, 5.74) is 0. The predicted octanol–water partition coefficient (Wildman–Crippen LogP) is 1.70. The number of nitriles is 1. The minimum atomic E-state index is 0.769. The molecule has 1 fully saturated rings. The fourth-order valence-corrected chi connectivity index (χ4v) is 0.826. The Morgan fingerprint density at radius 2 is 2.29 bits per heavy atom. The van der Waals surface area contributed by atoms with Crippen molar-refractivity contribution < 1.29 is 0 Å². The first-order valence-corrected chi connectivity index (χ1v) is 2.80. The Balaban J connectivity index is 2.06. The zero-order valence-electron chi connectivity index (χ0n) is 4.35. The highest BCUT2D eigenvalue weighted by Crippen LogP contribution is 2.28. The molecule has 0 N–H and O–H groups in total. The van der Waals surface area contributed by atoms with Crippen LogP contribution in [0.15, 0.2) is 0 Å². The zero-order valence-corrected chi connectivity index (χ0v) is 4.35. The highest BCUT2D eigenvalue weighted by atomic mass is 14.3. The maximum Gasteiger partial charge on any atom is 0.0624 e. The molecule has 7 heavy (non-hydrogen) atoms. The summed E-state index contributed by atoms with van der Waals surface area (Å²) in [6.07, 6.45) is 4.74. The van der Waals surface area contributed by atoms with E-state index < -0.39 is 0 Å². The van der Waals surface area contributed by atoms with E-state index in [2.05, 4.69) is 6.07 Å². The average molecular weight is 95.1 g/mol.